The van der Waals surface area contributed by atoms with E-state index in [-0.39, 0.29) is 12.0 Å². The van der Waals surface area contributed by atoms with Gasteiger partial charge in [-0.1, -0.05) is 44.9 Å². The van der Waals surface area contributed by atoms with E-state index in [1.54, 1.807) is 19.1 Å². The van der Waals surface area contributed by atoms with Crippen LogP contribution in [0.5, 0.6) is 0 Å². The van der Waals surface area contributed by atoms with Gasteiger partial charge in [-0.3, -0.25) is 4.89 Å². The largest absolute Gasteiger partial charge is 0.543 e. The van der Waals surface area contributed by atoms with Gasteiger partial charge in [0.25, 0.3) is 0 Å². The topological polar surface area (TPSA) is 71.1 Å². The fourth-order valence-electron chi connectivity index (χ4n) is 3.47. The lowest BCUT2D eigenvalue weighted by molar-refractivity contribution is -0.453. The van der Waals surface area contributed by atoms with Gasteiger partial charge in [0.2, 0.25) is 0 Å². The highest BCUT2D eigenvalue weighted by molar-refractivity contribution is 5.90. The van der Waals surface area contributed by atoms with Gasteiger partial charge in [0.15, 0.2) is 0 Å². The Morgan fingerprint density at radius 3 is 2.54 bits per heavy atom. The first-order valence-corrected chi connectivity index (χ1v) is 9.11. The molecular formula is C20H28O6. The van der Waals surface area contributed by atoms with Crippen LogP contribution in [0.4, 0.5) is 4.79 Å². The monoisotopic (exact) mass is 364 g/mol. The fraction of sp³-hybridized carbons (Fsp3) is 0.600. The van der Waals surface area contributed by atoms with E-state index in [2.05, 4.69) is 35.6 Å². The number of hydrogen-bond donors (Lipinski definition) is 0. The number of rotatable bonds is 5. The van der Waals surface area contributed by atoms with Crippen molar-refractivity contribution in [2.45, 2.75) is 60.0 Å². The molecule has 0 saturated heterocycles. The zero-order valence-electron chi connectivity index (χ0n) is 16.1. The second-order valence-electron chi connectivity index (χ2n) is 7.57. The van der Waals surface area contributed by atoms with Gasteiger partial charge < -0.3 is 4.74 Å². The smallest absolute Gasteiger partial charge is 0.429 e. The van der Waals surface area contributed by atoms with Crippen molar-refractivity contribution >= 4 is 12.1 Å². The lowest BCUT2D eigenvalue weighted by Crippen LogP contribution is -2.36. The summed E-state index contributed by atoms with van der Waals surface area (Å²) in [6.45, 7) is 10.0. The molecule has 1 aromatic rings. The molecule has 26 heavy (non-hydrogen) atoms. The maximum absolute atomic E-state index is 12.0. The highest BCUT2D eigenvalue weighted by atomic mass is 17.5. The highest BCUT2D eigenvalue weighted by Gasteiger charge is 2.34. The summed E-state index contributed by atoms with van der Waals surface area (Å²) < 4.78 is 5.39. The van der Waals surface area contributed by atoms with Gasteiger partial charge in [0.05, 0.1) is 10.6 Å². The number of hydrogen-bond acceptors (Lipinski definition) is 6. The molecule has 0 radical (unpaired) electrons. The fourth-order valence-corrected chi connectivity index (χ4v) is 3.47. The van der Waals surface area contributed by atoms with E-state index in [1.165, 1.54) is 0 Å². The van der Waals surface area contributed by atoms with Gasteiger partial charge in [0.1, 0.15) is 6.10 Å². The van der Waals surface area contributed by atoms with Crippen molar-refractivity contribution in [1.29, 1.82) is 0 Å². The van der Waals surface area contributed by atoms with Gasteiger partial charge in [0, 0.05) is 0 Å². The molecule has 0 N–H and O–H groups in total. The van der Waals surface area contributed by atoms with Crippen LogP contribution in [0.15, 0.2) is 18.2 Å². The Hall–Kier alpha value is -2.08. The molecule has 1 aliphatic carbocycles. The molecular weight excluding hydrogens is 336 g/mol. The van der Waals surface area contributed by atoms with Gasteiger partial charge in [-0.25, -0.2) is 14.5 Å². The molecule has 144 valence electrons. The number of carbonyl (C=O) groups excluding carboxylic acids is 2. The van der Waals surface area contributed by atoms with E-state index >= 15 is 0 Å². The first-order chi connectivity index (χ1) is 12.3. The van der Waals surface area contributed by atoms with Crippen molar-refractivity contribution in [2.24, 2.45) is 17.8 Å². The van der Waals surface area contributed by atoms with Crippen LogP contribution in [0.1, 0.15) is 61.5 Å². The Bertz CT molecular complexity index is 639. The average Bonchev–Trinajstić information content (AvgIpc) is 2.56. The van der Waals surface area contributed by atoms with Crippen LogP contribution < -0.4 is 0 Å². The minimum absolute atomic E-state index is 0.218. The molecule has 6 heteroatoms. The molecule has 2 rings (SSSR count). The number of aryl methyl sites for hydroxylation is 2. The third-order valence-electron chi connectivity index (χ3n) is 5.03. The molecule has 1 fully saturated rings. The summed E-state index contributed by atoms with van der Waals surface area (Å²) in [4.78, 5) is 32.9. The predicted molar refractivity (Wildman–Crippen MR) is 95.1 cm³/mol. The van der Waals surface area contributed by atoms with E-state index in [9.17, 15) is 9.59 Å². The van der Waals surface area contributed by atoms with E-state index in [4.69, 9.17) is 4.74 Å². The van der Waals surface area contributed by atoms with Crippen LogP contribution in [-0.2, 0) is 19.6 Å². The van der Waals surface area contributed by atoms with E-state index < -0.39 is 12.1 Å². The molecule has 0 heterocycles. The van der Waals surface area contributed by atoms with Gasteiger partial charge in [-0.2, -0.15) is 0 Å². The number of ether oxygens (including phenoxy) is 1. The van der Waals surface area contributed by atoms with Crippen molar-refractivity contribution in [1.82, 2.24) is 0 Å². The van der Waals surface area contributed by atoms with Crippen LogP contribution in [0.3, 0.4) is 0 Å². The summed E-state index contributed by atoms with van der Waals surface area (Å²) in [6.07, 6.45) is 1.72. The molecule has 0 bridgehead atoms. The quantitative estimate of drug-likeness (QED) is 0.419. The Morgan fingerprint density at radius 2 is 1.85 bits per heavy atom. The van der Waals surface area contributed by atoms with E-state index in [0.29, 0.717) is 17.4 Å². The molecule has 3 atom stereocenters. The van der Waals surface area contributed by atoms with Crippen molar-refractivity contribution in [3.8, 4) is 0 Å². The zero-order valence-corrected chi connectivity index (χ0v) is 16.1. The first kappa shape index (κ1) is 20.2. The minimum atomic E-state index is -0.997. The second kappa shape index (κ2) is 9.03. The summed E-state index contributed by atoms with van der Waals surface area (Å²) in [5.41, 5.74) is 2.00. The number of benzene rings is 1. The van der Waals surface area contributed by atoms with Crippen molar-refractivity contribution in [3.63, 3.8) is 0 Å². The van der Waals surface area contributed by atoms with Gasteiger partial charge >= 0.3 is 12.1 Å². The van der Waals surface area contributed by atoms with Crippen LogP contribution >= 0.6 is 0 Å². The van der Waals surface area contributed by atoms with E-state index in [1.807, 2.05) is 13.0 Å². The van der Waals surface area contributed by atoms with Crippen LogP contribution in [0.2, 0.25) is 0 Å². The van der Waals surface area contributed by atoms with Crippen molar-refractivity contribution in [3.05, 3.63) is 34.9 Å². The SMILES string of the molecule is Cc1ccc(C)c(C(=O)OOOC(=O)OC2CC(C)CCC2C(C)C)c1. The van der Waals surface area contributed by atoms with Gasteiger partial charge in [-0.05, 0) is 56.1 Å². The molecule has 1 aromatic carbocycles. The summed E-state index contributed by atoms with van der Waals surface area (Å²) in [7, 11) is 0. The Balaban J connectivity index is 1.82. The van der Waals surface area contributed by atoms with Crippen LogP contribution in [0.25, 0.3) is 0 Å². The first-order valence-electron chi connectivity index (χ1n) is 9.11. The Morgan fingerprint density at radius 1 is 1.12 bits per heavy atom. The van der Waals surface area contributed by atoms with Gasteiger partial charge in [-0.15, -0.1) is 0 Å². The molecule has 1 aliphatic rings. The summed E-state index contributed by atoms with van der Waals surface area (Å²) in [5, 5.41) is 4.35. The number of carbonyl (C=O) groups is 2. The molecule has 1 saturated carbocycles. The third-order valence-corrected chi connectivity index (χ3v) is 5.03. The molecule has 0 aliphatic heterocycles. The normalized spacial score (nSPS) is 22.8. The second-order valence-corrected chi connectivity index (χ2v) is 7.57. The zero-order chi connectivity index (χ0) is 19.3. The van der Waals surface area contributed by atoms with Crippen molar-refractivity contribution in [2.75, 3.05) is 0 Å². The maximum atomic E-state index is 12.0. The lowest BCUT2D eigenvalue weighted by atomic mass is 9.75. The molecule has 6 nitrogen and oxygen atoms in total. The summed E-state index contributed by atoms with van der Waals surface area (Å²) in [5.74, 6) is 0.454. The maximum Gasteiger partial charge on any atom is 0.543 e. The molecule has 0 aromatic heterocycles. The van der Waals surface area contributed by atoms with Crippen LogP contribution in [0, 0.1) is 31.6 Å². The standard InChI is InChI=1S/C20H28O6/c1-12(2)16-9-7-14(4)11-18(16)23-20(22)25-26-24-19(21)17-10-13(3)6-8-15(17)5/h6,8,10,12,14,16,18H,7,9,11H2,1-5H3. The predicted octanol–water partition coefficient (Wildman–Crippen LogP) is 4.92. The molecule has 3 unspecified atom stereocenters. The summed E-state index contributed by atoms with van der Waals surface area (Å²) >= 11 is 0. The molecule has 0 spiro atoms. The lowest BCUT2D eigenvalue weighted by Gasteiger charge is -2.36. The third kappa shape index (κ3) is 5.46. The Kier molecular flexibility index (Phi) is 7.03. The van der Waals surface area contributed by atoms with Crippen molar-refractivity contribution < 1.29 is 29.1 Å². The Labute approximate surface area is 154 Å². The molecule has 0 amide bonds. The van der Waals surface area contributed by atoms with E-state index in [0.717, 1.165) is 30.4 Å². The highest BCUT2D eigenvalue weighted by Crippen LogP contribution is 2.35. The van der Waals surface area contributed by atoms with Crippen LogP contribution in [-0.4, -0.2) is 18.2 Å². The summed E-state index contributed by atoms with van der Waals surface area (Å²) in [6, 6.07) is 5.37. The minimum Gasteiger partial charge on any atom is -0.429 e. The average molecular weight is 364 g/mol.